The molecule has 0 saturated heterocycles. The van der Waals surface area contributed by atoms with Gasteiger partial charge in [0.15, 0.2) is 0 Å². The maximum atomic E-state index is 8.99. The minimum Gasteiger partial charge on any atom is -0.427 e. The van der Waals surface area contributed by atoms with Crippen molar-refractivity contribution in [1.82, 2.24) is 0 Å². The van der Waals surface area contributed by atoms with E-state index in [2.05, 4.69) is 13.0 Å². The monoisotopic (exact) mass is 298 g/mol. The van der Waals surface area contributed by atoms with Crippen LogP contribution in [-0.4, -0.2) is 9.79 Å². The smallest absolute Gasteiger partial charge is 0.391 e. The van der Waals surface area contributed by atoms with E-state index in [-0.39, 0.29) is 0 Å². The largest absolute Gasteiger partial charge is 0.427 e. The standard InChI is InChI=1S/C16H27O3P/c1-3-4-5-6-7-8-9-10-15-13-14(2)11-12-16(15)19-20(17)18/h11-13,17-18H,3-10H2,1-2H3. The molecule has 0 atom stereocenters. The second-order valence-electron chi connectivity index (χ2n) is 5.33. The predicted molar refractivity (Wildman–Crippen MR) is 84.9 cm³/mol. The molecule has 0 fully saturated rings. The van der Waals surface area contributed by atoms with Crippen molar-refractivity contribution in [2.45, 2.75) is 65.2 Å². The minimum absolute atomic E-state index is 0.609. The number of hydrogen-bond acceptors (Lipinski definition) is 3. The molecule has 3 nitrogen and oxygen atoms in total. The Bertz CT molecular complexity index is 380. The lowest BCUT2D eigenvalue weighted by Gasteiger charge is -2.12. The first-order valence-corrected chi connectivity index (χ1v) is 8.75. The molecule has 0 unspecified atom stereocenters. The van der Waals surface area contributed by atoms with Crippen LogP contribution in [0.5, 0.6) is 5.75 Å². The Morgan fingerprint density at radius 2 is 1.65 bits per heavy atom. The Morgan fingerprint density at radius 1 is 1.00 bits per heavy atom. The zero-order valence-electron chi connectivity index (χ0n) is 12.6. The molecule has 114 valence electrons. The van der Waals surface area contributed by atoms with Gasteiger partial charge in [0.1, 0.15) is 5.75 Å². The number of benzene rings is 1. The molecule has 0 heterocycles. The minimum atomic E-state index is -2.33. The third-order valence-electron chi connectivity index (χ3n) is 3.45. The lowest BCUT2D eigenvalue weighted by atomic mass is 10.0. The summed E-state index contributed by atoms with van der Waals surface area (Å²) >= 11 is 0. The SMILES string of the molecule is CCCCCCCCCc1cc(C)ccc1OP(O)O. The first-order valence-electron chi connectivity index (χ1n) is 7.59. The summed E-state index contributed by atoms with van der Waals surface area (Å²) in [5, 5.41) is 0. The molecule has 0 radical (unpaired) electrons. The van der Waals surface area contributed by atoms with Crippen LogP contribution in [0.15, 0.2) is 18.2 Å². The van der Waals surface area contributed by atoms with Crippen molar-refractivity contribution in [3.8, 4) is 5.75 Å². The Morgan fingerprint density at radius 3 is 2.30 bits per heavy atom. The highest BCUT2D eigenvalue weighted by atomic mass is 31.2. The van der Waals surface area contributed by atoms with Gasteiger partial charge in [-0.15, -0.1) is 0 Å². The number of aryl methyl sites for hydroxylation is 2. The summed E-state index contributed by atoms with van der Waals surface area (Å²) in [5.41, 5.74) is 2.25. The summed E-state index contributed by atoms with van der Waals surface area (Å²) in [6.07, 6.45) is 9.87. The van der Waals surface area contributed by atoms with Gasteiger partial charge in [0.05, 0.1) is 0 Å². The van der Waals surface area contributed by atoms with Crippen molar-refractivity contribution in [3.05, 3.63) is 29.3 Å². The molecular formula is C16H27O3P. The summed E-state index contributed by atoms with van der Waals surface area (Å²) in [6.45, 7) is 4.27. The fourth-order valence-corrected chi connectivity index (χ4v) is 2.71. The van der Waals surface area contributed by atoms with Crippen LogP contribution in [0, 0.1) is 6.92 Å². The van der Waals surface area contributed by atoms with Crippen molar-refractivity contribution in [1.29, 1.82) is 0 Å². The molecule has 20 heavy (non-hydrogen) atoms. The Labute approximate surface area is 124 Å². The molecule has 2 N–H and O–H groups in total. The highest BCUT2D eigenvalue weighted by Gasteiger charge is 2.08. The number of rotatable bonds is 10. The van der Waals surface area contributed by atoms with E-state index in [1.165, 1.54) is 44.1 Å². The van der Waals surface area contributed by atoms with Gasteiger partial charge in [0.25, 0.3) is 0 Å². The van der Waals surface area contributed by atoms with Crippen LogP contribution in [0.25, 0.3) is 0 Å². The second kappa shape index (κ2) is 10.1. The third kappa shape index (κ3) is 7.23. The van der Waals surface area contributed by atoms with Gasteiger partial charge >= 0.3 is 8.60 Å². The lowest BCUT2D eigenvalue weighted by molar-refractivity contribution is 0.373. The van der Waals surface area contributed by atoms with Gasteiger partial charge in [-0.25, -0.2) is 0 Å². The molecule has 1 rings (SSSR count). The lowest BCUT2D eigenvalue weighted by Crippen LogP contribution is -1.94. The van der Waals surface area contributed by atoms with Gasteiger partial charge in [-0.1, -0.05) is 63.1 Å². The van der Waals surface area contributed by atoms with E-state index in [1.807, 2.05) is 19.1 Å². The first-order chi connectivity index (χ1) is 9.63. The highest BCUT2D eigenvalue weighted by molar-refractivity contribution is 7.39. The number of unbranched alkanes of at least 4 members (excludes halogenated alkanes) is 6. The average molecular weight is 298 g/mol. The molecule has 0 saturated carbocycles. The molecule has 0 aliphatic carbocycles. The first kappa shape index (κ1) is 17.4. The van der Waals surface area contributed by atoms with E-state index >= 15 is 0 Å². The maximum Gasteiger partial charge on any atom is 0.391 e. The molecule has 1 aromatic rings. The van der Waals surface area contributed by atoms with Crippen LogP contribution in [-0.2, 0) is 6.42 Å². The molecule has 4 heteroatoms. The quantitative estimate of drug-likeness (QED) is 0.478. The van der Waals surface area contributed by atoms with Crippen LogP contribution < -0.4 is 4.52 Å². The van der Waals surface area contributed by atoms with Crippen molar-refractivity contribution in [3.63, 3.8) is 0 Å². The summed E-state index contributed by atoms with van der Waals surface area (Å²) in [5.74, 6) is 0.609. The molecule has 1 aromatic carbocycles. The molecule has 0 aromatic heterocycles. The highest BCUT2D eigenvalue weighted by Crippen LogP contribution is 2.32. The summed E-state index contributed by atoms with van der Waals surface area (Å²) in [6, 6.07) is 5.83. The maximum absolute atomic E-state index is 8.99. The summed E-state index contributed by atoms with van der Waals surface area (Å²) < 4.78 is 5.09. The topological polar surface area (TPSA) is 49.7 Å². The molecule has 0 bridgehead atoms. The normalized spacial score (nSPS) is 11.1. The van der Waals surface area contributed by atoms with Crippen molar-refractivity contribution in [2.75, 3.05) is 0 Å². The van der Waals surface area contributed by atoms with Crippen molar-refractivity contribution >= 4 is 8.60 Å². The average Bonchev–Trinajstić information content (AvgIpc) is 2.40. The van der Waals surface area contributed by atoms with Crippen LogP contribution in [0.1, 0.15) is 63.0 Å². The Balaban J connectivity index is 2.36. The molecule has 0 aliphatic heterocycles. The number of hydrogen-bond donors (Lipinski definition) is 2. The molecule has 0 spiro atoms. The predicted octanol–water partition coefficient (Wildman–Crippen LogP) is 4.88. The van der Waals surface area contributed by atoms with Crippen LogP contribution in [0.2, 0.25) is 0 Å². The van der Waals surface area contributed by atoms with Gasteiger partial charge < -0.3 is 14.3 Å². The van der Waals surface area contributed by atoms with Gasteiger partial charge in [-0.2, -0.15) is 0 Å². The van der Waals surface area contributed by atoms with Gasteiger partial charge in [-0.3, -0.25) is 0 Å². The van der Waals surface area contributed by atoms with Gasteiger partial charge in [-0.05, 0) is 31.4 Å². The zero-order valence-corrected chi connectivity index (χ0v) is 13.5. The molecule has 0 aliphatic rings. The zero-order chi connectivity index (χ0) is 14.8. The van der Waals surface area contributed by atoms with E-state index in [1.54, 1.807) is 0 Å². The van der Waals surface area contributed by atoms with E-state index in [0.717, 1.165) is 18.4 Å². The fraction of sp³-hybridized carbons (Fsp3) is 0.625. The summed E-state index contributed by atoms with van der Waals surface area (Å²) in [7, 11) is -2.33. The van der Waals surface area contributed by atoms with E-state index in [4.69, 9.17) is 14.3 Å². The van der Waals surface area contributed by atoms with E-state index in [0.29, 0.717) is 5.75 Å². The van der Waals surface area contributed by atoms with Crippen LogP contribution in [0.4, 0.5) is 0 Å². The second-order valence-corrected chi connectivity index (χ2v) is 6.01. The van der Waals surface area contributed by atoms with Crippen molar-refractivity contribution < 1.29 is 14.3 Å². The molecular weight excluding hydrogens is 271 g/mol. The summed E-state index contributed by atoms with van der Waals surface area (Å²) in [4.78, 5) is 18.0. The van der Waals surface area contributed by atoms with Gasteiger partial charge in [0.2, 0.25) is 0 Å². The third-order valence-corrected chi connectivity index (χ3v) is 3.81. The van der Waals surface area contributed by atoms with Crippen molar-refractivity contribution in [2.24, 2.45) is 0 Å². The Hall–Kier alpha value is -0.630. The Kier molecular flexibility index (Phi) is 8.84. The fourth-order valence-electron chi connectivity index (χ4n) is 2.35. The van der Waals surface area contributed by atoms with Crippen LogP contribution in [0.3, 0.4) is 0 Å². The van der Waals surface area contributed by atoms with E-state index in [9.17, 15) is 0 Å². The van der Waals surface area contributed by atoms with E-state index < -0.39 is 8.60 Å². The van der Waals surface area contributed by atoms with Crippen LogP contribution >= 0.6 is 8.60 Å². The molecule has 0 amide bonds. The van der Waals surface area contributed by atoms with Gasteiger partial charge in [0, 0.05) is 0 Å².